The monoisotopic (exact) mass is 573 g/mol. The maximum absolute atomic E-state index is 12.7. The molecule has 218 valence electrons. The summed E-state index contributed by atoms with van der Waals surface area (Å²) in [5.41, 5.74) is 0. The molecule has 0 bridgehead atoms. The largest absolute Gasteiger partial charge is 0.394 e. The number of aliphatic hydroxyl groups excluding tert-OH is 5. The highest BCUT2D eigenvalue weighted by Gasteiger charge is 2.51. The fourth-order valence-corrected chi connectivity index (χ4v) is 5.13. The predicted octanol–water partition coefficient (Wildman–Crippen LogP) is -3.19. The van der Waals surface area contributed by atoms with Crippen LogP contribution in [0.25, 0.3) is 0 Å². The summed E-state index contributed by atoms with van der Waals surface area (Å²) in [5.74, 6) is -1.59. The molecular formula is C24H35N3O11S. The van der Waals surface area contributed by atoms with Gasteiger partial charge in [-0.25, -0.2) is 0 Å². The zero-order valence-electron chi connectivity index (χ0n) is 21.4. The van der Waals surface area contributed by atoms with Crippen molar-refractivity contribution in [2.45, 2.75) is 80.0 Å². The zero-order chi connectivity index (χ0) is 28.7. The Hall–Kier alpha value is -2.34. The number of ether oxygens (including phenoxy) is 3. The van der Waals surface area contributed by atoms with E-state index in [9.17, 15) is 39.9 Å². The van der Waals surface area contributed by atoms with Crippen molar-refractivity contribution in [3.63, 3.8) is 0 Å². The van der Waals surface area contributed by atoms with Crippen LogP contribution < -0.4 is 16.0 Å². The second-order valence-electron chi connectivity index (χ2n) is 9.20. The summed E-state index contributed by atoms with van der Waals surface area (Å²) in [6, 6.07) is 6.62. The van der Waals surface area contributed by atoms with Crippen molar-refractivity contribution in [3.05, 3.63) is 30.3 Å². The summed E-state index contributed by atoms with van der Waals surface area (Å²) in [6.45, 7) is 0.985. The lowest BCUT2D eigenvalue weighted by molar-refractivity contribution is -0.315. The van der Waals surface area contributed by atoms with Crippen LogP contribution in [0.3, 0.4) is 0 Å². The number of hydrogen-bond donors (Lipinski definition) is 8. The van der Waals surface area contributed by atoms with Gasteiger partial charge in [0, 0.05) is 18.7 Å². The summed E-state index contributed by atoms with van der Waals surface area (Å²) >= 11 is 1.26. The molecule has 8 N–H and O–H groups in total. The molecule has 2 aliphatic heterocycles. The molecule has 39 heavy (non-hydrogen) atoms. The summed E-state index contributed by atoms with van der Waals surface area (Å²) in [4.78, 5) is 37.2. The third kappa shape index (κ3) is 8.09. The maximum Gasteiger partial charge on any atom is 0.232 e. The van der Waals surface area contributed by atoms with E-state index < -0.39 is 92.2 Å². The van der Waals surface area contributed by atoms with E-state index in [-0.39, 0.29) is 5.75 Å². The SMILES string of the molecule is CC(=O)N[C@@H]1[C@@H](O)[C@H](O[C@@H]2O[C@H](CO)[C@@H](O)[C@H](O)[C@H]2NC(C)=O)[C@@H](CO)O[C@H]1NC(=O)CSc1ccccc1. The van der Waals surface area contributed by atoms with Crippen LogP contribution in [0.15, 0.2) is 35.2 Å². The number of hydrogen-bond acceptors (Lipinski definition) is 12. The van der Waals surface area contributed by atoms with Crippen molar-refractivity contribution in [2.24, 2.45) is 0 Å². The minimum atomic E-state index is -1.61. The van der Waals surface area contributed by atoms with E-state index in [1.54, 1.807) is 0 Å². The van der Waals surface area contributed by atoms with E-state index in [2.05, 4.69) is 16.0 Å². The minimum Gasteiger partial charge on any atom is -0.394 e. The van der Waals surface area contributed by atoms with Crippen molar-refractivity contribution < 1.29 is 54.1 Å². The van der Waals surface area contributed by atoms with E-state index in [1.807, 2.05) is 30.3 Å². The number of amides is 3. The molecule has 0 spiro atoms. The molecule has 2 aliphatic rings. The number of rotatable bonds is 10. The number of benzene rings is 1. The van der Waals surface area contributed by atoms with Crippen LogP contribution in [0.5, 0.6) is 0 Å². The third-order valence-corrected chi connectivity index (χ3v) is 7.24. The summed E-state index contributed by atoms with van der Waals surface area (Å²) in [6.07, 6.45) is -11.5. The van der Waals surface area contributed by atoms with Crippen LogP contribution in [-0.4, -0.2) is 123 Å². The number of carbonyl (C=O) groups excluding carboxylic acids is 3. The molecule has 0 saturated carbocycles. The van der Waals surface area contributed by atoms with Gasteiger partial charge >= 0.3 is 0 Å². The molecule has 2 saturated heterocycles. The second-order valence-corrected chi connectivity index (χ2v) is 10.2. The number of aliphatic hydroxyl groups is 5. The lowest BCUT2D eigenvalue weighted by Gasteiger charge is -2.48. The first kappa shape index (κ1) is 31.2. The van der Waals surface area contributed by atoms with Gasteiger partial charge in [-0.05, 0) is 12.1 Å². The van der Waals surface area contributed by atoms with Gasteiger partial charge in [0.25, 0.3) is 0 Å². The Bertz CT molecular complexity index is 974. The molecule has 2 heterocycles. The van der Waals surface area contributed by atoms with Gasteiger partial charge < -0.3 is 55.7 Å². The van der Waals surface area contributed by atoms with Crippen molar-refractivity contribution in [1.29, 1.82) is 0 Å². The molecule has 0 aliphatic carbocycles. The Labute approximate surface area is 229 Å². The number of thioether (sulfide) groups is 1. The summed E-state index contributed by atoms with van der Waals surface area (Å²) < 4.78 is 17.2. The van der Waals surface area contributed by atoms with Crippen LogP contribution in [0, 0.1) is 0 Å². The fraction of sp³-hybridized carbons (Fsp3) is 0.625. The average Bonchev–Trinajstić information content (AvgIpc) is 2.90. The highest BCUT2D eigenvalue weighted by molar-refractivity contribution is 8.00. The highest BCUT2D eigenvalue weighted by Crippen LogP contribution is 2.29. The normalized spacial score (nSPS) is 34.6. The molecule has 3 amide bonds. The molecule has 1 aromatic rings. The Morgan fingerprint density at radius 3 is 2.05 bits per heavy atom. The van der Waals surface area contributed by atoms with Gasteiger partial charge in [0.1, 0.15) is 48.7 Å². The quantitative estimate of drug-likeness (QED) is 0.130. The van der Waals surface area contributed by atoms with E-state index in [0.29, 0.717) is 0 Å². The molecule has 0 aromatic heterocycles. The summed E-state index contributed by atoms with van der Waals surface area (Å²) in [5, 5.41) is 59.1. The van der Waals surface area contributed by atoms with Gasteiger partial charge in [-0.1, -0.05) is 18.2 Å². The highest BCUT2D eigenvalue weighted by atomic mass is 32.2. The Morgan fingerprint density at radius 1 is 0.846 bits per heavy atom. The van der Waals surface area contributed by atoms with E-state index in [4.69, 9.17) is 14.2 Å². The van der Waals surface area contributed by atoms with E-state index >= 15 is 0 Å². The lowest BCUT2D eigenvalue weighted by atomic mass is 9.94. The average molecular weight is 574 g/mol. The first-order valence-corrected chi connectivity index (χ1v) is 13.3. The van der Waals surface area contributed by atoms with Gasteiger partial charge in [0.05, 0.1) is 19.0 Å². The number of carbonyl (C=O) groups is 3. The van der Waals surface area contributed by atoms with E-state index in [1.165, 1.54) is 25.6 Å². The Balaban J connectivity index is 1.77. The molecule has 0 radical (unpaired) electrons. The standard InChI is InChI=1S/C24H35N3O11S/c1-11(30)25-17-21(35)22(38-24-18(26-12(2)31)20(34)19(33)14(8-28)37-24)15(9-29)36-23(17)27-16(32)10-39-13-6-4-3-5-7-13/h3-7,14-15,17-24,28-29,33-35H,8-10H2,1-2H3,(H,25,30)(H,26,31)(H,27,32)/t14-,15-,17-,18-,19-,20-,21-,22-,23-,24+/m1/s1. The van der Waals surface area contributed by atoms with Crippen LogP contribution >= 0.6 is 11.8 Å². The molecule has 10 atom stereocenters. The smallest absolute Gasteiger partial charge is 0.232 e. The van der Waals surface area contributed by atoms with Crippen LogP contribution in [0.1, 0.15) is 13.8 Å². The molecule has 15 heteroatoms. The lowest BCUT2D eigenvalue weighted by Crippen LogP contribution is -2.71. The van der Waals surface area contributed by atoms with Gasteiger partial charge in [-0.15, -0.1) is 11.8 Å². The third-order valence-electron chi connectivity index (χ3n) is 6.23. The van der Waals surface area contributed by atoms with Crippen molar-refractivity contribution in [3.8, 4) is 0 Å². The van der Waals surface area contributed by atoms with Crippen molar-refractivity contribution in [1.82, 2.24) is 16.0 Å². The fourth-order valence-electron chi connectivity index (χ4n) is 4.40. The van der Waals surface area contributed by atoms with Gasteiger partial charge in [-0.2, -0.15) is 0 Å². The van der Waals surface area contributed by atoms with E-state index in [0.717, 1.165) is 4.90 Å². The molecule has 0 unspecified atom stereocenters. The predicted molar refractivity (Wildman–Crippen MR) is 135 cm³/mol. The zero-order valence-corrected chi connectivity index (χ0v) is 22.2. The molecule has 1 aromatic carbocycles. The Morgan fingerprint density at radius 2 is 1.46 bits per heavy atom. The summed E-state index contributed by atoms with van der Waals surface area (Å²) in [7, 11) is 0. The van der Waals surface area contributed by atoms with Crippen molar-refractivity contribution in [2.75, 3.05) is 19.0 Å². The van der Waals surface area contributed by atoms with Crippen LogP contribution in [-0.2, 0) is 28.6 Å². The van der Waals surface area contributed by atoms with Gasteiger partial charge in [0.15, 0.2) is 12.5 Å². The van der Waals surface area contributed by atoms with Gasteiger partial charge in [-0.3, -0.25) is 14.4 Å². The molecule has 2 fully saturated rings. The first-order chi connectivity index (χ1) is 18.5. The molecule has 3 rings (SSSR count). The Kier molecular flexibility index (Phi) is 11.5. The molecule has 14 nitrogen and oxygen atoms in total. The topological polar surface area (TPSA) is 216 Å². The minimum absolute atomic E-state index is 0.00749. The van der Waals surface area contributed by atoms with Crippen LogP contribution in [0.2, 0.25) is 0 Å². The molecular weight excluding hydrogens is 538 g/mol. The van der Waals surface area contributed by atoms with Gasteiger partial charge in [0.2, 0.25) is 17.7 Å². The number of nitrogens with one attached hydrogen (secondary N) is 3. The maximum atomic E-state index is 12.7. The second kappa shape index (κ2) is 14.3. The van der Waals surface area contributed by atoms with Crippen molar-refractivity contribution >= 4 is 29.5 Å². The first-order valence-electron chi connectivity index (χ1n) is 12.3. The van der Waals surface area contributed by atoms with Crippen LogP contribution in [0.4, 0.5) is 0 Å².